The molecule has 0 aromatic heterocycles. The smallest absolute Gasteiger partial charge is 0.409 e. The van der Waals surface area contributed by atoms with Crippen LogP contribution in [0, 0.1) is 5.92 Å². The molecule has 1 saturated carbocycles. The highest BCUT2D eigenvalue weighted by Crippen LogP contribution is 2.31. The standard InChI is InChI=1S/C24H30N4O3/c1-27(20-12-14-28(15-13-20)16-17-6-7-17)19-10-8-18(9-11-19)23(29)25-21-4-2-3-5-22(21)26-24(30)31/h2-5,8-11,17,20,26H,6-7,12-16H2,1H3,(H,25,29)(H,30,31). The van der Waals surface area contributed by atoms with Crippen molar-refractivity contribution in [3.8, 4) is 0 Å². The van der Waals surface area contributed by atoms with Crippen LogP contribution in [0.2, 0.25) is 0 Å². The van der Waals surface area contributed by atoms with Gasteiger partial charge in [0, 0.05) is 44.0 Å². The zero-order valence-corrected chi connectivity index (χ0v) is 17.9. The molecule has 0 spiro atoms. The number of anilines is 3. The third-order valence-electron chi connectivity index (χ3n) is 6.27. The first-order valence-electron chi connectivity index (χ1n) is 10.9. The van der Waals surface area contributed by atoms with Crippen LogP contribution in [0.5, 0.6) is 0 Å². The number of benzene rings is 2. The molecule has 1 aliphatic heterocycles. The van der Waals surface area contributed by atoms with E-state index in [0.717, 1.165) is 24.7 Å². The number of carbonyl (C=O) groups is 2. The number of piperidine rings is 1. The lowest BCUT2D eigenvalue weighted by molar-refractivity contribution is 0.102. The molecule has 0 unspecified atom stereocenters. The molecule has 31 heavy (non-hydrogen) atoms. The second kappa shape index (κ2) is 9.39. The Bertz CT molecular complexity index is 919. The first kappa shape index (κ1) is 21.2. The molecular weight excluding hydrogens is 392 g/mol. The first-order chi connectivity index (χ1) is 15.0. The number of carboxylic acid groups (broad SMARTS) is 1. The van der Waals surface area contributed by atoms with Crippen molar-refractivity contribution in [2.75, 3.05) is 42.2 Å². The van der Waals surface area contributed by atoms with Crippen molar-refractivity contribution in [2.45, 2.75) is 31.7 Å². The van der Waals surface area contributed by atoms with Gasteiger partial charge < -0.3 is 20.2 Å². The van der Waals surface area contributed by atoms with E-state index in [-0.39, 0.29) is 5.91 Å². The average molecular weight is 423 g/mol. The fourth-order valence-corrected chi connectivity index (χ4v) is 4.22. The Labute approximate surface area is 183 Å². The van der Waals surface area contributed by atoms with Crippen LogP contribution in [0.3, 0.4) is 0 Å². The van der Waals surface area contributed by atoms with Gasteiger partial charge in [-0.25, -0.2) is 4.79 Å². The van der Waals surface area contributed by atoms with Crippen LogP contribution < -0.4 is 15.5 Å². The Morgan fingerprint density at radius 3 is 2.16 bits per heavy atom. The topological polar surface area (TPSA) is 84.9 Å². The summed E-state index contributed by atoms with van der Waals surface area (Å²) in [5.74, 6) is 0.669. The van der Waals surface area contributed by atoms with Crippen molar-refractivity contribution in [1.82, 2.24) is 4.90 Å². The van der Waals surface area contributed by atoms with Gasteiger partial charge in [-0.05, 0) is 68.0 Å². The summed E-state index contributed by atoms with van der Waals surface area (Å²) in [5, 5.41) is 14.0. The molecule has 2 aromatic rings. The van der Waals surface area contributed by atoms with Crippen molar-refractivity contribution in [3.05, 3.63) is 54.1 Å². The minimum Gasteiger partial charge on any atom is -0.465 e. The second-order valence-corrected chi connectivity index (χ2v) is 8.56. The van der Waals surface area contributed by atoms with E-state index in [1.807, 2.05) is 24.3 Å². The van der Waals surface area contributed by atoms with Gasteiger partial charge in [0.25, 0.3) is 5.91 Å². The number of rotatable bonds is 7. The van der Waals surface area contributed by atoms with Gasteiger partial charge in [0.2, 0.25) is 0 Å². The maximum absolute atomic E-state index is 12.7. The minimum absolute atomic E-state index is 0.276. The molecule has 164 valence electrons. The van der Waals surface area contributed by atoms with Gasteiger partial charge in [-0.3, -0.25) is 10.1 Å². The van der Waals surface area contributed by atoms with Crippen LogP contribution in [0.1, 0.15) is 36.0 Å². The van der Waals surface area contributed by atoms with E-state index < -0.39 is 6.09 Å². The molecule has 2 aliphatic rings. The van der Waals surface area contributed by atoms with E-state index in [0.29, 0.717) is 23.0 Å². The van der Waals surface area contributed by atoms with Crippen LogP contribution in [0.25, 0.3) is 0 Å². The Hall–Kier alpha value is -3.06. The van der Waals surface area contributed by atoms with Crippen LogP contribution in [0.15, 0.2) is 48.5 Å². The number of carbonyl (C=O) groups excluding carboxylic acids is 1. The summed E-state index contributed by atoms with van der Waals surface area (Å²) >= 11 is 0. The normalized spacial score (nSPS) is 17.2. The van der Waals surface area contributed by atoms with Gasteiger partial charge in [0.1, 0.15) is 0 Å². The molecule has 4 rings (SSSR count). The number of hydrogen-bond donors (Lipinski definition) is 3. The number of likely N-dealkylation sites (tertiary alicyclic amines) is 1. The molecule has 1 aliphatic carbocycles. The Kier molecular flexibility index (Phi) is 6.42. The summed E-state index contributed by atoms with van der Waals surface area (Å²) in [6.07, 6.45) is 3.97. The molecule has 7 nitrogen and oxygen atoms in total. The number of amides is 2. The Morgan fingerprint density at radius 1 is 0.968 bits per heavy atom. The molecule has 2 amide bonds. The molecule has 0 bridgehead atoms. The quantitative estimate of drug-likeness (QED) is 0.618. The van der Waals surface area contributed by atoms with E-state index >= 15 is 0 Å². The zero-order valence-electron chi connectivity index (χ0n) is 17.9. The highest BCUT2D eigenvalue weighted by molar-refractivity contribution is 6.06. The third-order valence-corrected chi connectivity index (χ3v) is 6.27. The summed E-state index contributed by atoms with van der Waals surface area (Å²) in [6, 6.07) is 14.8. The number of nitrogens with zero attached hydrogens (tertiary/aromatic N) is 2. The van der Waals surface area contributed by atoms with E-state index in [1.54, 1.807) is 24.3 Å². The molecule has 0 atom stereocenters. The molecule has 2 fully saturated rings. The van der Waals surface area contributed by atoms with E-state index in [9.17, 15) is 9.59 Å². The van der Waals surface area contributed by atoms with Gasteiger partial charge in [-0.15, -0.1) is 0 Å². The summed E-state index contributed by atoms with van der Waals surface area (Å²) in [4.78, 5) is 28.5. The number of hydrogen-bond acceptors (Lipinski definition) is 4. The molecule has 0 radical (unpaired) electrons. The predicted octanol–water partition coefficient (Wildman–Crippen LogP) is 4.34. The molecular formula is C24H30N4O3. The van der Waals surface area contributed by atoms with E-state index in [2.05, 4.69) is 27.5 Å². The molecule has 3 N–H and O–H groups in total. The largest absolute Gasteiger partial charge is 0.465 e. The third kappa shape index (κ3) is 5.55. The summed E-state index contributed by atoms with van der Waals surface area (Å²) in [5.41, 5.74) is 2.40. The lowest BCUT2D eigenvalue weighted by atomic mass is 10.0. The maximum atomic E-state index is 12.7. The SMILES string of the molecule is CN(c1ccc(C(=O)Nc2ccccc2NC(=O)O)cc1)C1CCN(CC2CC2)CC1. The fraction of sp³-hybridized carbons (Fsp3) is 0.417. The van der Waals surface area contributed by atoms with Crippen molar-refractivity contribution in [1.29, 1.82) is 0 Å². The average Bonchev–Trinajstić information content (AvgIpc) is 3.59. The summed E-state index contributed by atoms with van der Waals surface area (Å²) < 4.78 is 0. The van der Waals surface area contributed by atoms with Crippen molar-refractivity contribution < 1.29 is 14.7 Å². The first-order valence-corrected chi connectivity index (χ1v) is 10.9. The fourth-order valence-electron chi connectivity index (χ4n) is 4.22. The molecule has 1 saturated heterocycles. The number of nitrogens with one attached hydrogen (secondary N) is 2. The van der Waals surface area contributed by atoms with Crippen molar-refractivity contribution in [2.24, 2.45) is 5.92 Å². The minimum atomic E-state index is -1.17. The van der Waals surface area contributed by atoms with E-state index in [4.69, 9.17) is 5.11 Å². The zero-order chi connectivity index (χ0) is 21.8. The maximum Gasteiger partial charge on any atom is 0.409 e. The lowest BCUT2D eigenvalue weighted by Gasteiger charge is -2.38. The van der Waals surface area contributed by atoms with Gasteiger partial charge in [-0.2, -0.15) is 0 Å². The van der Waals surface area contributed by atoms with Gasteiger partial charge in [0.15, 0.2) is 0 Å². The Balaban J connectivity index is 1.34. The van der Waals surface area contributed by atoms with Crippen LogP contribution in [-0.2, 0) is 0 Å². The van der Waals surface area contributed by atoms with Crippen molar-refractivity contribution >= 4 is 29.1 Å². The van der Waals surface area contributed by atoms with Gasteiger partial charge in [0.05, 0.1) is 11.4 Å². The van der Waals surface area contributed by atoms with Gasteiger partial charge >= 0.3 is 6.09 Å². The number of para-hydroxylation sites is 2. The molecule has 2 aromatic carbocycles. The second-order valence-electron chi connectivity index (χ2n) is 8.56. The lowest BCUT2D eigenvalue weighted by Crippen LogP contribution is -2.44. The van der Waals surface area contributed by atoms with Crippen molar-refractivity contribution in [3.63, 3.8) is 0 Å². The van der Waals surface area contributed by atoms with E-state index in [1.165, 1.54) is 32.2 Å². The highest BCUT2D eigenvalue weighted by Gasteiger charge is 2.28. The van der Waals surface area contributed by atoms with Crippen LogP contribution >= 0.6 is 0 Å². The predicted molar refractivity (Wildman–Crippen MR) is 123 cm³/mol. The molecule has 7 heteroatoms. The van der Waals surface area contributed by atoms with Crippen LogP contribution in [0.4, 0.5) is 21.9 Å². The molecule has 1 heterocycles. The van der Waals surface area contributed by atoms with Gasteiger partial charge in [-0.1, -0.05) is 12.1 Å². The Morgan fingerprint density at radius 2 is 1.58 bits per heavy atom. The highest BCUT2D eigenvalue weighted by atomic mass is 16.4. The summed E-state index contributed by atoms with van der Waals surface area (Å²) in [7, 11) is 2.13. The van der Waals surface area contributed by atoms with Crippen LogP contribution in [-0.4, -0.2) is 54.7 Å². The summed E-state index contributed by atoms with van der Waals surface area (Å²) in [6.45, 7) is 3.59. The monoisotopic (exact) mass is 422 g/mol.